The smallest absolute Gasteiger partial charge is 0.258 e. The first-order valence-corrected chi connectivity index (χ1v) is 6.73. The average molecular weight is 291 g/mol. The lowest BCUT2D eigenvalue weighted by Crippen LogP contribution is -2.29. The van der Waals surface area contributed by atoms with E-state index in [1.807, 2.05) is 18.2 Å². The first-order chi connectivity index (χ1) is 10.1. The normalized spacial score (nSPS) is 10.0. The molecule has 1 aromatic rings. The zero-order valence-electron chi connectivity index (χ0n) is 12.6. The predicted octanol–water partition coefficient (Wildman–Crippen LogP) is 1.21. The van der Waals surface area contributed by atoms with Gasteiger partial charge >= 0.3 is 0 Å². The van der Waals surface area contributed by atoms with Gasteiger partial charge < -0.3 is 20.1 Å². The summed E-state index contributed by atoms with van der Waals surface area (Å²) in [5.74, 6) is 0.730. The Bertz CT molecular complexity index is 509. The Labute approximate surface area is 125 Å². The van der Waals surface area contributed by atoms with E-state index in [2.05, 4.69) is 24.5 Å². The van der Waals surface area contributed by atoms with Crippen LogP contribution >= 0.6 is 0 Å². The monoisotopic (exact) mass is 291 g/mol. The molecular weight excluding hydrogens is 270 g/mol. The molecule has 1 amide bonds. The third-order valence-electron chi connectivity index (χ3n) is 2.67. The molecule has 2 N–H and O–H groups in total. The van der Waals surface area contributed by atoms with Gasteiger partial charge in [0.05, 0.1) is 13.2 Å². The number of rotatable bonds is 8. The van der Waals surface area contributed by atoms with Crippen molar-refractivity contribution in [2.24, 2.45) is 0 Å². The molecule has 0 aliphatic carbocycles. The van der Waals surface area contributed by atoms with Gasteiger partial charge in [-0.25, -0.2) is 0 Å². The number of methoxy groups -OCH3 is 1. The van der Waals surface area contributed by atoms with E-state index < -0.39 is 0 Å². The van der Waals surface area contributed by atoms with Crippen molar-refractivity contribution >= 4 is 5.91 Å². The second-order valence-electron chi connectivity index (χ2n) is 4.74. The van der Waals surface area contributed by atoms with Crippen molar-refractivity contribution in [3.05, 3.63) is 23.8 Å². The summed E-state index contributed by atoms with van der Waals surface area (Å²) in [6, 6.07) is 7.79. The summed E-state index contributed by atoms with van der Waals surface area (Å²) in [5.41, 5.74) is 1.07. The van der Waals surface area contributed by atoms with Gasteiger partial charge in [-0.15, -0.1) is 0 Å². The SMILES string of the molecule is COc1cc(CNC(C)C)ccc1OCC(=O)NCC#N. The van der Waals surface area contributed by atoms with Gasteiger partial charge in [0.15, 0.2) is 18.1 Å². The standard InChI is InChI=1S/C15H21N3O3/c1-11(2)18-9-12-4-5-13(14(8-12)20-3)21-10-15(19)17-7-6-16/h4-5,8,11,18H,7,9-10H2,1-3H3,(H,17,19). The summed E-state index contributed by atoms with van der Waals surface area (Å²) in [4.78, 5) is 11.4. The van der Waals surface area contributed by atoms with Gasteiger partial charge in [-0.3, -0.25) is 4.79 Å². The van der Waals surface area contributed by atoms with E-state index >= 15 is 0 Å². The fourth-order valence-corrected chi connectivity index (χ4v) is 1.60. The largest absolute Gasteiger partial charge is 0.493 e. The summed E-state index contributed by atoms with van der Waals surface area (Å²) in [7, 11) is 1.55. The highest BCUT2D eigenvalue weighted by molar-refractivity contribution is 5.77. The van der Waals surface area contributed by atoms with E-state index in [0.717, 1.165) is 12.1 Å². The second kappa shape index (κ2) is 8.82. The average Bonchev–Trinajstić information content (AvgIpc) is 2.48. The van der Waals surface area contributed by atoms with Crippen molar-refractivity contribution in [1.29, 1.82) is 5.26 Å². The van der Waals surface area contributed by atoms with Crippen molar-refractivity contribution in [2.75, 3.05) is 20.3 Å². The molecule has 114 valence electrons. The molecule has 0 aliphatic heterocycles. The van der Waals surface area contributed by atoms with Crippen LogP contribution in [0.1, 0.15) is 19.4 Å². The minimum atomic E-state index is -0.343. The predicted molar refractivity (Wildman–Crippen MR) is 79.1 cm³/mol. The van der Waals surface area contributed by atoms with Crippen LogP contribution in [0.25, 0.3) is 0 Å². The lowest BCUT2D eigenvalue weighted by atomic mass is 10.2. The Kier molecular flexibility index (Phi) is 7.05. The fraction of sp³-hybridized carbons (Fsp3) is 0.467. The van der Waals surface area contributed by atoms with Crippen LogP contribution in [0.2, 0.25) is 0 Å². The summed E-state index contributed by atoms with van der Waals surface area (Å²) in [6.45, 7) is 4.71. The Morgan fingerprint density at radius 1 is 1.38 bits per heavy atom. The molecule has 0 saturated carbocycles. The van der Waals surface area contributed by atoms with Gasteiger partial charge in [-0.2, -0.15) is 5.26 Å². The fourth-order valence-electron chi connectivity index (χ4n) is 1.60. The number of benzene rings is 1. The van der Waals surface area contributed by atoms with Crippen molar-refractivity contribution in [1.82, 2.24) is 10.6 Å². The van der Waals surface area contributed by atoms with Crippen LogP contribution in [0.5, 0.6) is 11.5 Å². The van der Waals surface area contributed by atoms with Crippen LogP contribution in [0.4, 0.5) is 0 Å². The number of hydrogen-bond acceptors (Lipinski definition) is 5. The maximum atomic E-state index is 11.4. The number of amides is 1. The van der Waals surface area contributed by atoms with E-state index in [4.69, 9.17) is 14.7 Å². The van der Waals surface area contributed by atoms with Gasteiger partial charge in [-0.05, 0) is 17.7 Å². The molecule has 0 saturated heterocycles. The summed E-state index contributed by atoms with van der Waals surface area (Å²) in [5, 5.41) is 14.1. The molecule has 1 aromatic carbocycles. The maximum absolute atomic E-state index is 11.4. The van der Waals surface area contributed by atoms with Crippen LogP contribution in [0.3, 0.4) is 0 Å². The highest BCUT2D eigenvalue weighted by atomic mass is 16.5. The molecule has 0 fully saturated rings. The molecular formula is C15H21N3O3. The number of nitriles is 1. The van der Waals surface area contributed by atoms with Crippen LogP contribution in [0.15, 0.2) is 18.2 Å². The molecule has 1 rings (SSSR count). The van der Waals surface area contributed by atoms with E-state index in [1.165, 1.54) is 0 Å². The molecule has 21 heavy (non-hydrogen) atoms. The minimum absolute atomic E-state index is 0.0286. The zero-order valence-corrected chi connectivity index (χ0v) is 12.6. The number of carbonyl (C=O) groups is 1. The van der Waals surface area contributed by atoms with Crippen LogP contribution in [0, 0.1) is 11.3 Å². The first kappa shape index (κ1) is 16.8. The van der Waals surface area contributed by atoms with Gasteiger partial charge in [0, 0.05) is 12.6 Å². The van der Waals surface area contributed by atoms with Crippen molar-refractivity contribution < 1.29 is 14.3 Å². The van der Waals surface area contributed by atoms with E-state index in [0.29, 0.717) is 17.5 Å². The first-order valence-electron chi connectivity index (χ1n) is 6.73. The Morgan fingerprint density at radius 2 is 2.14 bits per heavy atom. The second-order valence-corrected chi connectivity index (χ2v) is 4.74. The molecule has 0 unspecified atom stereocenters. The molecule has 0 bridgehead atoms. The quantitative estimate of drug-likeness (QED) is 0.703. The van der Waals surface area contributed by atoms with Gasteiger partial charge in [-0.1, -0.05) is 19.9 Å². The number of ether oxygens (including phenoxy) is 2. The molecule has 0 atom stereocenters. The van der Waals surface area contributed by atoms with Gasteiger partial charge in [0.2, 0.25) is 0 Å². The molecule has 0 aliphatic rings. The molecule has 0 aromatic heterocycles. The Balaban J connectivity index is 2.62. The van der Waals surface area contributed by atoms with Crippen LogP contribution in [-0.2, 0) is 11.3 Å². The van der Waals surface area contributed by atoms with Crippen LogP contribution in [-0.4, -0.2) is 32.2 Å². The van der Waals surface area contributed by atoms with Crippen molar-refractivity contribution in [3.8, 4) is 17.6 Å². The Morgan fingerprint density at radius 3 is 2.76 bits per heavy atom. The lowest BCUT2D eigenvalue weighted by molar-refractivity contribution is -0.122. The van der Waals surface area contributed by atoms with E-state index in [9.17, 15) is 4.79 Å². The maximum Gasteiger partial charge on any atom is 0.258 e. The molecule has 0 radical (unpaired) electrons. The Hall–Kier alpha value is -2.26. The molecule has 0 spiro atoms. The van der Waals surface area contributed by atoms with Gasteiger partial charge in [0.1, 0.15) is 6.54 Å². The summed E-state index contributed by atoms with van der Waals surface area (Å²) < 4.78 is 10.7. The minimum Gasteiger partial charge on any atom is -0.493 e. The number of carbonyl (C=O) groups excluding carboxylic acids is 1. The van der Waals surface area contributed by atoms with E-state index in [-0.39, 0.29) is 19.1 Å². The van der Waals surface area contributed by atoms with Crippen LogP contribution < -0.4 is 20.1 Å². The lowest BCUT2D eigenvalue weighted by Gasteiger charge is -2.13. The number of hydrogen-bond donors (Lipinski definition) is 2. The highest BCUT2D eigenvalue weighted by Crippen LogP contribution is 2.28. The van der Waals surface area contributed by atoms with Crippen molar-refractivity contribution in [2.45, 2.75) is 26.4 Å². The summed E-state index contributed by atoms with van der Waals surface area (Å²) in [6.07, 6.45) is 0. The highest BCUT2D eigenvalue weighted by Gasteiger charge is 2.08. The number of nitrogens with one attached hydrogen (secondary N) is 2. The summed E-state index contributed by atoms with van der Waals surface area (Å²) >= 11 is 0. The van der Waals surface area contributed by atoms with E-state index in [1.54, 1.807) is 13.2 Å². The molecule has 0 heterocycles. The molecule has 6 heteroatoms. The third kappa shape index (κ3) is 6.15. The van der Waals surface area contributed by atoms with Crippen molar-refractivity contribution in [3.63, 3.8) is 0 Å². The number of nitrogens with zero attached hydrogens (tertiary/aromatic N) is 1. The third-order valence-corrected chi connectivity index (χ3v) is 2.67. The van der Waals surface area contributed by atoms with Gasteiger partial charge in [0.25, 0.3) is 5.91 Å². The zero-order chi connectivity index (χ0) is 15.7. The topological polar surface area (TPSA) is 83.4 Å². The molecule has 6 nitrogen and oxygen atoms in total.